The molecule has 0 aromatic heterocycles. The zero-order valence-corrected chi connectivity index (χ0v) is 13.1. The highest BCUT2D eigenvalue weighted by Gasteiger charge is 2.35. The largest absolute Gasteiger partial charge is 0.390 e. The molecule has 3 unspecified atom stereocenters. The average molecular weight is 268 g/mol. The first-order chi connectivity index (χ1) is 8.89. The standard InChI is InChI=1S/C17H32O2/c1-16(2,3)14-6-4-10-17(18,11-8-14)12-9-15-7-5-13-19-15/h14-15,18H,4-13H2,1-3H3. The van der Waals surface area contributed by atoms with Crippen molar-refractivity contribution in [3.05, 3.63) is 0 Å². The number of rotatable bonds is 3. The minimum absolute atomic E-state index is 0.389. The fraction of sp³-hybridized carbons (Fsp3) is 1.00. The van der Waals surface area contributed by atoms with Crippen LogP contribution in [0, 0.1) is 11.3 Å². The van der Waals surface area contributed by atoms with Crippen LogP contribution in [0.1, 0.15) is 78.6 Å². The van der Waals surface area contributed by atoms with Crippen LogP contribution in [0.5, 0.6) is 0 Å². The second-order valence-electron chi connectivity index (χ2n) is 7.89. The van der Waals surface area contributed by atoms with E-state index < -0.39 is 5.60 Å². The predicted octanol–water partition coefficient (Wildman–Crippen LogP) is 4.30. The van der Waals surface area contributed by atoms with Gasteiger partial charge in [-0.15, -0.1) is 0 Å². The molecule has 0 radical (unpaired) electrons. The molecular weight excluding hydrogens is 236 g/mol. The van der Waals surface area contributed by atoms with Crippen molar-refractivity contribution in [1.82, 2.24) is 0 Å². The topological polar surface area (TPSA) is 29.5 Å². The van der Waals surface area contributed by atoms with E-state index in [1.165, 1.54) is 32.1 Å². The Balaban J connectivity index is 1.82. The van der Waals surface area contributed by atoms with Crippen LogP contribution in [0.3, 0.4) is 0 Å². The van der Waals surface area contributed by atoms with Gasteiger partial charge in [-0.1, -0.05) is 27.2 Å². The van der Waals surface area contributed by atoms with Gasteiger partial charge in [0, 0.05) is 6.61 Å². The predicted molar refractivity (Wildman–Crippen MR) is 79.2 cm³/mol. The number of ether oxygens (including phenoxy) is 1. The normalized spacial score (nSPS) is 37.3. The van der Waals surface area contributed by atoms with Crippen LogP contribution in [-0.4, -0.2) is 23.4 Å². The van der Waals surface area contributed by atoms with Gasteiger partial charge in [0.05, 0.1) is 11.7 Å². The summed E-state index contributed by atoms with van der Waals surface area (Å²) in [6.07, 6.45) is 10.4. The summed E-state index contributed by atoms with van der Waals surface area (Å²) in [7, 11) is 0. The summed E-state index contributed by atoms with van der Waals surface area (Å²) in [4.78, 5) is 0. The Kier molecular flexibility index (Phi) is 4.94. The molecule has 0 aromatic rings. The van der Waals surface area contributed by atoms with Crippen LogP contribution in [-0.2, 0) is 4.74 Å². The summed E-state index contributed by atoms with van der Waals surface area (Å²) in [6, 6.07) is 0. The zero-order chi connectivity index (χ0) is 13.9. The first kappa shape index (κ1) is 15.3. The third-order valence-corrected chi connectivity index (χ3v) is 5.33. The quantitative estimate of drug-likeness (QED) is 0.773. The van der Waals surface area contributed by atoms with E-state index in [4.69, 9.17) is 4.74 Å². The lowest BCUT2D eigenvalue weighted by Crippen LogP contribution is -2.29. The van der Waals surface area contributed by atoms with E-state index >= 15 is 0 Å². The molecular formula is C17H32O2. The van der Waals surface area contributed by atoms with Crippen LogP contribution < -0.4 is 0 Å². The van der Waals surface area contributed by atoms with E-state index in [9.17, 15) is 5.11 Å². The highest BCUT2D eigenvalue weighted by molar-refractivity contribution is 4.87. The highest BCUT2D eigenvalue weighted by Crippen LogP contribution is 2.41. The lowest BCUT2D eigenvalue weighted by atomic mass is 9.76. The van der Waals surface area contributed by atoms with Crippen LogP contribution >= 0.6 is 0 Å². The average Bonchev–Trinajstić information content (AvgIpc) is 2.75. The molecule has 19 heavy (non-hydrogen) atoms. The van der Waals surface area contributed by atoms with Gasteiger partial charge in [0.2, 0.25) is 0 Å². The van der Waals surface area contributed by atoms with E-state index in [0.29, 0.717) is 11.5 Å². The second kappa shape index (κ2) is 6.13. The molecule has 1 heterocycles. The Hall–Kier alpha value is -0.0800. The van der Waals surface area contributed by atoms with Crippen LogP contribution in [0.15, 0.2) is 0 Å². The van der Waals surface area contributed by atoms with E-state index in [2.05, 4.69) is 20.8 Å². The monoisotopic (exact) mass is 268 g/mol. The van der Waals surface area contributed by atoms with Crippen molar-refractivity contribution in [1.29, 1.82) is 0 Å². The summed E-state index contributed by atoms with van der Waals surface area (Å²) in [6.45, 7) is 7.95. The van der Waals surface area contributed by atoms with E-state index in [0.717, 1.165) is 38.2 Å². The van der Waals surface area contributed by atoms with Gasteiger partial charge in [-0.05, 0) is 62.7 Å². The first-order valence-corrected chi connectivity index (χ1v) is 8.23. The Labute approximate surface area is 118 Å². The maximum Gasteiger partial charge on any atom is 0.0648 e. The van der Waals surface area contributed by atoms with E-state index in [1.54, 1.807) is 0 Å². The van der Waals surface area contributed by atoms with Crippen LogP contribution in [0.4, 0.5) is 0 Å². The fourth-order valence-corrected chi connectivity index (χ4v) is 3.81. The molecule has 2 nitrogen and oxygen atoms in total. The van der Waals surface area contributed by atoms with Crippen molar-refractivity contribution >= 4 is 0 Å². The molecule has 0 amide bonds. The van der Waals surface area contributed by atoms with Gasteiger partial charge in [0.25, 0.3) is 0 Å². The zero-order valence-electron chi connectivity index (χ0n) is 13.1. The third kappa shape index (κ3) is 4.46. The molecule has 2 fully saturated rings. The molecule has 0 bridgehead atoms. The number of hydrogen-bond donors (Lipinski definition) is 1. The molecule has 0 aromatic carbocycles. The highest BCUT2D eigenvalue weighted by atomic mass is 16.5. The molecule has 1 aliphatic heterocycles. The summed E-state index contributed by atoms with van der Waals surface area (Å²) in [5.41, 5.74) is -0.0221. The molecule has 112 valence electrons. The van der Waals surface area contributed by atoms with Gasteiger partial charge in [0.1, 0.15) is 0 Å². The maximum absolute atomic E-state index is 10.8. The van der Waals surface area contributed by atoms with Crippen molar-refractivity contribution < 1.29 is 9.84 Å². The lowest BCUT2D eigenvalue weighted by molar-refractivity contribution is -0.00351. The number of hydrogen-bond acceptors (Lipinski definition) is 2. The summed E-state index contributed by atoms with van der Waals surface area (Å²) in [5.74, 6) is 0.768. The van der Waals surface area contributed by atoms with Gasteiger partial charge < -0.3 is 9.84 Å². The maximum atomic E-state index is 10.8. The smallest absolute Gasteiger partial charge is 0.0648 e. The molecule has 2 rings (SSSR count). The van der Waals surface area contributed by atoms with Crippen molar-refractivity contribution in [3.8, 4) is 0 Å². The van der Waals surface area contributed by atoms with Gasteiger partial charge in [0.15, 0.2) is 0 Å². The molecule has 2 heteroatoms. The van der Waals surface area contributed by atoms with E-state index in [-0.39, 0.29) is 0 Å². The molecule has 3 atom stereocenters. The lowest BCUT2D eigenvalue weighted by Gasteiger charge is -2.31. The summed E-state index contributed by atoms with van der Waals surface area (Å²) in [5, 5.41) is 10.8. The summed E-state index contributed by atoms with van der Waals surface area (Å²) < 4.78 is 5.68. The molecule has 1 N–H and O–H groups in total. The van der Waals surface area contributed by atoms with Crippen LogP contribution in [0.2, 0.25) is 0 Å². The van der Waals surface area contributed by atoms with Gasteiger partial charge in [-0.2, -0.15) is 0 Å². The Bertz CT molecular complexity index is 275. The fourth-order valence-electron chi connectivity index (χ4n) is 3.81. The Morgan fingerprint density at radius 2 is 1.89 bits per heavy atom. The molecule has 1 saturated heterocycles. The van der Waals surface area contributed by atoms with Gasteiger partial charge >= 0.3 is 0 Å². The minimum Gasteiger partial charge on any atom is -0.390 e. The molecule has 1 aliphatic carbocycles. The minimum atomic E-state index is -0.411. The second-order valence-corrected chi connectivity index (χ2v) is 7.89. The van der Waals surface area contributed by atoms with Crippen molar-refractivity contribution in [3.63, 3.8) is 0 Å². The summed E-state index contributed by atoms with van der Waals surface area (Å²) >= 11 is 0. The third-order valence-electron chi connectivity index (χ3n) is 5.33. The molecule has 0 spiro atoms. The van der Waals surface area contributed by atoms with Gasteiger partial charge in [-0.3, -0.25) is 0 Å². The number of aliphatic hydroxyl groups is 1. The SMILES string of the molecule is CC(C)(C)C1CCCC(O)(CCC2CCCO2)CC1. The van der Waals surface area contributed by atoms with Crippen molar-refractivity contribution in [2.75, 3.05) is 6.61 Å². The molecule has 2 aliphatic rings. The Morgan fingerprint density at radius 3 is 2.53 bits per heavy atom. The van der Waals surface area contributed by atoms with Crippen LogP contribution in [0.25, 0.3) is 0 Å². The molecule has 1 saturated carbocycles. The first-order valence-electron chi connectivity index (χ1n) is 8.23. The van der Waals surface area contributed by atoms with Gasteiger partial charge in [-0.25, -0.2) is 0 Å². The Morgan fingerprint density at radius 1 is 1.11 bits per heavy atom. The van der Waals surface area contributed by atoms with E-state index in [1.807, 2.05) is 0 Å². The van der Waals surface area contributed by atoms with Crippen molar-refractivity contribution in [2.24, 2.45) is 11.3 Å². The van der Waals surface area contributed by atoms with Crippen molar-refractivity contribution in [2.45, 2.75) is 90.3 Å².